The monoisotopic (exact) mass is 393 g/mol. The Morgan fingerprint density at radius 1 is 1.19 bits per heavy atom. The standard InChI is InChI=1S/C19H27N3O4S/c1-27(25,26)22-11-4-8-17(14-22)19(24)20-12-15-6-2-3-7-16(15)13-21-10-5-9-18(21)23/h2-3,6-7,17H,4-5,8-14H2,1H3,(H,20,24)/t17-/m1/s1. The molecule has 0 radical (unpaired) electrons. The van der Waals surface area contributed by atoms with Crippen LogP contribution in [0.2, 0.25) is 0 Å². The van der Waals surface area contributed by atoms with E-state index in [2.05, 4.69) is 5.32 Å². The van der Waals surface area contributed by atoms with Gasteiger partial charge in [0.1, 0.15) is 0 Å². The number of carbonyl (C=O) groups excluding carboxylic acids is 2. The summed E-state index contributed by atoms with van der Waals surface area (Å²) < 4.78 is 24.8. The third-order valence-electron chi connectivity index (χ3n) is 5.33. The number of sulfonamides is 1. The Hall–Kier alpha value is -1.93. The van der Waals surface area contributed by atoms with E-state index >= 15 is 0 Å². The summed E-state index contributed by atoms with van der Waals surface area (Å²) in [5.41, 5.74) is 2.02. The number of likely N-dealkylation sites (tertiary alicyclic amines) is 1. The Balaban J connectivity index is 1.59. The van der Waals surface area contributed by atoms with Gasteiger partial charge in [0.25, 0.3) is 0 Å². The van der Waals surface area contributed by atoms with Gasteiger partial charge in [-0.2, -0.15) is 0 Å². The van der Waals surface area contributed by atoms with Gasteiger partial charge in [-0.3, -0.25) is 9.59 Å². The number of nitrogens with zero attached hydrogens (tertiary/aromatic N) is 2. The van der Waals surface area contributed by atoms with Crippen molar-refractivity contribution in [2.24, 2.45) is 5.92 Å². The van der Waals surface area contributed by atoms with Crippen LogP contribution in [0.1, 0.15) is 36.8 Å². The van der Waals surface area contributed by atoms with Gasteiger partial charge >= 0.3 is 0 Å². The third-order valence-corrected chi connectivity index (χ3v) is 6.60. The van der Waals surface area contributed by atoms with E-state index in [9.17, 15) is 18.0 Å². The summed E-state index contributed by atoms with van der Waals surface area (Å²) >= 11 is 0. The molecular formula is C19H27N3O4S. The third kappa shape index (κ3) is 5.07. The molecule has 0 saturated carbocycles. The Bertz CT molecular complexity index is 809. The highest BCUT2D eigenvalue weighted by molar-refractivity contribution is 7.88. The van der Waals surface area contributed by atoms with Crippen LogP contribution < -0.4 is 5.32 Å². The molecule has 148 valence electrons. The summed E-state index contributed by atoms with van der Waals surface area (Å²) in [6.45, 7) is 2.45. The molecule has 2 fully saturated rings. The van der Waals surface area contributed by atoms with Gasteiger partial charge in [-0.25, -0.2) is 12.7 Å². The van der Waals surface area contributed by atoms with Gasteiger partial charge in [-0.15, -0.1) is 0 Å². The first-order valence-electron chi connectivity index (χ1n) is 9.42. The number of benzene rings is 1. The van der Waals surface area contributed by atoms with E-state index in [4.69, 9.17) is 0 Å². The highest BCUT2D eigenvalue weighted by atomic mass is 32.2. The SMILES string of the molecule is CS(=O)(=O)N1CCC[C@@H](C(=O)NCc2ccccc2CN2CCCC2=O)C1. The zero-order chi connectivity index (χ0) is 19.4. The molecule has 0 aromatic heterocycles. The van der Waals surface area contributed by atoms with Gasteiger partial charge in [0, 0.05) is 39.1 Å². The predicted octanol–water partition coefficient (Wildman–Crippen LogP) is 1.10. The van der Waals surface area contributed by atoms with Crippen LogP contribution in [0.25, 0.3) is 0 Å². The van der Waals surface area contributed by atoms with Crippen molar-refractivity contribution in [3.63, 3.8) is 0 Å². The number of rotatable bonds is 6. The Morgan fingerprint density at radius 3 is 2.59 bits per heavy atom. The smallest absolute Gasteiger partial charge is 0.224 e. The maximum atomic E-state index is 12.6. The first-order valence-corrected chi connectivity index (χ1v) is 11.3. The summed E-state index contributed by atoms with van der Waals surface area (Å²) in [4.78, 5) is 26.3. The maximum Gasteiger partial charge on any atom is 0.224 e. The summed E-state index contributed by atoms with van der Waals surface area (Å²) in [5, 5.41) is 2.95. The summed E-state index contributed by atoms with van der Waals surface area (Å²) in [6.07, 6.45) is 4.08. The quantitative estimate of drug-likeness (QED) is 0.784. The van der Waals surface area contributed by atoms with Gasteiger partial charge < -0.3 is 10.2 Å². The van der Waals surface area contributed by atoms with Crippen LogP contribution in [0.4, 0.5) is 0 Å². The molecule has 0 spiro atoms. The molecule has 0 unspecified atom stereocenters. The summed E-state index contributed by atoms with van der Waals surface area (Å²) in [7, 11) is -3.27. The lowest BCUT2D eigenvalue weighted by Gasteiger charge is -2.30. The molecule has 1 aromatic rings. The number of carbonyl (C=O) groups is 2. The lowest BCUT2D eigenvalue weighted by Crippen LogP contribution is -2.44. The first kappa shape index (κ1) is 19.8. The molecule has 2 aliphatic rings. The van der Waals surface area contributed by atoms with Crippen LogP contribution in [0.3, 0.4) is 0 Å². The second kappa shape index (κ2) is 8.39. The minimum Gasteiger partial charge on any atom is -0.352 e. The molecule has 27 heavy (non-hydrogen) atoms. The molecule has 2 heterocycles. The number of amides is 2. The Kier molecular flexibility index (Phi) is 6.16. The fourth-order valence-electron chi connectivity index (χ4n) is 3.75. The van der Waals surface area contributed by atoms with Crippen LogP contribution in [-0.2, 0) is 32.7 Å². The van der Waals surface area contributed by atoms with Crippen molar-refractivity contribution in [1.82, 2.24) is 14.5 Å². The highest BCUT2D eigenvalue weighted by Crippen LogP contribution is 2.20. The van der Waals surface area contributed by atoms with E-state index in [-0.39, 0.29) is 24.3 Å². The molecule has 1 aromatic carbocycles. The summed E-state index contributed by atoms with van der Waals surface area (Å²) in [6, 6.07) is 7.80. The Labute approximate surface area is 160 Å². The normalized spacial score (nSPS) is 21.4. The molecule has 2 saturated heterocycles. The van der Waals surface area contributed by atoms with Crippen LogP contribution in [0.5, 0.6) is 0 Å². The fraction of sp³-hybridized carbons (Fsp3) is 0.579. The number of hydrogen-bond acceptors (Lipinski definition) is 4. The average molecular weight is 394 g/mol. The van der Waals surface area contributed by atoms with Gasteiger partial charge in [0.15, 0.2) is 0 Å². The zero-order valence-electron chi connectivity index (χ0n) is 15.7. The topological polar surface area (TPSA) is 86.8 Å². The molecule has 1 N–H and O–H groups in total. The molecule has 2 amide bonds. The van der Waals surface area contributed by atoms with Gasteiger partial charge in [0.05, 0.1) is 12.2 Å². The predicted molar refractivity (Wildman–Crippen MR) is 102 cm³/mol. The Morgan fingerprint density at radius 2 is 1.93 bits per heavy atom. The molecule has 1 atom stereocenters. The van der Waals surface area contributed by atoms with E-state index in [1.54, 1.807) is 0 Å². The van der Waals surface area contributed by atoms with Crippen LogP contribution in [0, 0.1) is 5.92 Å². The first-order chi connectivity index (χ1) is 12.8. The van der Waals surface area contributed by atoms with Crippen molar-refractivity contribution in [2.45, 2.75) is 38.8 Å². The molecular weight excluding hydrogens is 366 g/mol. The van der Waals surface area contributed by atoms with Crippen LogP contribution in [0.15, 0.2) is 24.3 Å². The van der Waals surface area contributed by atoms with Gasteiger partial charge in [0.2, 0.25) is 21.8 Å². The largest absolute Gasteiger partial charge is 0.352 e. The second-order valence-electron chi connectivity index (χ2n) is 7.37. The van der Waals surface area contributed by atoms with E-state index < -0.39 is 10.0 Å². The fourth-order valence-corrected chi connectivity index (χ4v) is 4.66. The lowest BCUT2D eigenvalue weighted by molar-refractivity contribution is -0.128. The van der Waals surface area contributed by atoms with Crippen molar-refractivity contribution in [1.29, 1.82) is 0 Å². The lowest BCUT2D eigenvalue weighted by atomic mass is 9.98. The minimum absolute atomic E-state index is 0.115. The van der Waals surface area contributed by atoms with E-state index in [0.717, 1.165) is 24.1 Å². The molecule has 7 nitrogen and oxygen atoms in total. The maximum absolute atomic E-state index is 12.6. The molecule has 0 aliphatic carbocycles. The number of piperidine rings is 1. The second-order valence-corrected chi connectivity index (χ2v) is 9.35. The van der Waals surface area contributed by atoms with Crippen LogP contribution in [-0.4, -0.2) is 55.3 Å². The minimum atomic E-state index is -3.27. The van der Waals surface area contributed by atoms with Crippen molar-refractivity contribution in [2.75, 3.05) is 25.9 Å². The van der Waals surface area contributed by atoms with E-state index in [0.29, 0.717) is 38.9 Å². The highest BCUT2D eigenvalue weighted by Gasteiger charge is 2.30. The number of hydrogen-bond donors (Lipinski definition) is 1. The summed E-state index contributed by atoms with van der Waals surface area (Å²) in [5.74, 6) is -0.256. The molecule has 0 bridgehead atoms. The average Bonchev–Trinajstić information content (AvgIpc) is 3.05. The van der Waals surface area contributed by atoms with Gasteiger partial charge in [-0.05, 0) is 30.4 Å². The molecule has 3 rings (SSSR count). The van der Waals surface area contributed by atoms with Gasteiger partial charge in [-0.1, -0.05) is 24.3 Å². The van der Waals surface area contributed by atoms with Crippen molar-refractivity contribution < 1.29 is 18.0 Å². The van der Waals surface area contributed by atoms with E-state index in [1.807, 2.05) is 29.2 Å². The van der Waals surface area contributed by atoms with Crippen molar-refractivity contribution in [3.05, 3.63) is 35.4 Å². The van der Waals surface area contributed by atoms with Crippen molar-refractivity contribution in [3.8, 4) is 0 Å². The van der Waals surface area contributed by atoms with E-state index in [1.165, 1.54) is 10.6 Å². The molecule has 8 heteroatoms. The molecule has 2 aliphatic heterocycles. The van der Waals surface area contributed by atoms with Crippen molar-refractivity contribution >= 4 is 21.8 Å². The zero-order valence-corrected chi connectivity index (χ0v) is 16.5. The number of nitrogens with one attached hydrogen (secondary N) is 1. The van der Waals surface area contributed by atoms with Crippen LogP contribution >= 0.6 is 0 Å².